The number of primary amides is 1. The van der Waals surface area contributed by atoms with Gasteiger partial charge in [0.1, 0.15) is 29.0 Å². The number of nitriles is 1. The van der Waals surface area contributed by atoms with Gasteiger partial charge >= 0.3 is 6.09 Å². The average molecular weight is 573 g/mol. The summed E-state index contributed by atoms with van der Waals surface area (Å²) in [6.45, 7) is 8.93. The van der Waals surface area contributed by atoms with E-state index >= 15 is 0 Å². The van der Waals surface area contributed by atoms with Crippen LogP contribution in [-0.4, -0.2) is 87.3 Å². The molecule has 2 saturated heterocycles. The van der Waals surface area contributed by atoms with Gasteiger partial charge in [-0.25, -0.2) is 19.7 Å². The first-order valence-electron chi connectivity index (χ1n) is 14.1. The van der Waals surface area contributed by atoms with Crippen LogP contribution >= 0.6 is 0 Å². The molecule has 12 heteroatoms. The molecule has 42 heavy (non-hydrogen) atoms. The third-order valence-corrected chi connectivity index (χ3v) is 7.29. The number of carbonyl (C=O) groups is 2. The van der Waals surface area contributed by atoms with Crippen molar-refractivity contribution in [3.8, 4) is 17.3 Å². The van der Waals surface area contributed by atoms with E-state index in [1.807, 2.05) is 45.0 Å². The summed E-state index contributed by atoms with van der Waals surface area (Å²) in [5.41, 5.74) is 8.62. The number of ether oxygens (including phenoxy) is 2. The molecule has 2 amide bonds. The standard InChI is InChI=1S/C30H36N8O4/c1-30(2,3)42-29(40)38-10-4-5-21(16-38)35-28-26-25(33-18-34-28)23(27(32)39)13-24(36-26)20-8-6-19(7-9-20)15-37-11-12-41-17-22(37)14-31/h6-9,13,18,21-22H,4-5,10-12,15-17H2,1-3H3,(H2,32,39)(H,33,34,35)/t21-,22?/m0/s1. The van der Waals surface area contributed by atoms with E-state index < -0.39 is 11.5 Å². The van der Waals surface area contributed by atoms with Crippen molar-refractivity contribution in [2.24, 2.45) is 5.73 Å². The maximum Gasteiger partial charge on any atom is 0.410 e. The minimum absolute atomic E-state index is 0.0939. The average Bonchev–Trinajstić information content (AvgIpc) is 2.97. The number of amides is 2. The Bertz CT molecular complexity index is 1500. The molecule has 5 rings (SSSR count). The lowest BCUT2D eigenvalue weighted by Gasteiger charge is -2.34. The van der Waals surface area contributed by atoms with E-state index in [2.05, 4.69) is 26.3 Å². The minimum Gasteiger partial charge on any atom is -0.444 e. The first kappa shape index (κ1) is 29.2. The van der Waals surface area contributed by atoms with E-state index in [9.17, 15) is 14.9 Å². The Kier molecular flexibility index (Phi) is 8.51. The predicted molar refractivity (Wildman–Crippen MR) is 156 cm³/mol. The number of nitrogens with zero attached hydrogens (tertiary/aromatic N) is 6. The Morgan fingerprint density at radius 1 is 1.19 bits per heavy atom. The highest BCUT2D eigenvalue weighted by Crippen LogP contribution is 2.28. The summed E-state index contributed by atoms with van der Waals surface area (Å²) in [5, 5.41) is 12.9. The largest absolute Gasteiger partial charge is 0.444 e. The van der Waals surface area contributed by atoms with Crippen LogP contribution in [0.1, 0.15) is 49.5 Å². The molecule has 1 unspecified atom stereocenters. The van der Waals surface area contributed by atoms with Crippen LogP contribution < -0.4 is 11.1 Å². The van der Waals surface area contributed by atoms with Gasteiger partial charge in [-0.15, -0.1) is 0 Å². The number of carbonyl (C=O) groups excluding carboxylic acids is 2. The maximum atomic E-state index is 12.7. The van der Waals surface area contributed by atoms with Crippen molar-refractivity contribution in [1.29, 1.82) is 5.26 Å². The fraction of sp³-hybridized carbons (Fsp3) is 0.467. The topological polar surface area (TPSA) is 160 Å². The van der Waals surface area contributed by atoms with Crippen LogP contribution in [-0.2, 0) is 16.0 Å². The zero-order valence-corrected chi connectivity index (χ0v) is 24.2. The Balaban J connectivity index is 1.40. The molecule has 0 spiro atoms. The molecule has 0 saturated carbocycles. The molecule has 0 aliphatic carbocycles. The number of anilines is 1. The van der Waals surface area contributed by atoms with Crippen molar-refractivity contribution in [1.82, 2.24) is 24.8 Å². The molecule has 2 aliphatic heterocycles. The van der Waals surface area contributed by atoms with Crippen molar-refractivity contribution in [3.63, 3.8) is 0 Å². The third-order valence-electron chi connectivity index (χ3n) is 7.29. The zero-order valence-electron chi connectivity index (χ0n) is 24.2. The van der Waals surface area contributed by atoms with Gasteiger partial charge in [0.15, 0.2) is 5.82 Å². The van der Waals surface area contributed by atoms with Crippen LogP contribution in [0.2, 0.25) is 0 Å². The number of pyridine rings is 1. The van der Waals surface area contributed by atoms with E-state index in [0.29, 0.717) is 61.9 Å². The maximum absolute atomic E-state index is 12.7. The molecule has 0 radical (unpaired) electrons. The SMILES string of the molecule is CC(C)(C)OC(=O)N1CCC[C@H](Nc2ncnc3c(C(N)=O)cc(-c4ccc(CN5CCOCC5C#N)cc4)nc23)C1. The third kappa shape index (κ3) is 6.75. The molecule has 1 aromatic carbocycles. The van der Waals surface area contributed by atoms with Gasteiger partial charge in [0.25, 0.3) is 5.91 Å². The molecular weight excluding hydrogens is 536 g/mol. The molecule has 4 heterocycles. The fourth-order valence-corrected chi connectivity index (χ4v) is 5.22. The van der Waals surface area contributed by atoms with Gasteiger partial charge in [0.2, 0.25) is 0 Å². The predicted octanol–water partition coefficient (Wildman–Crippen LogP) is 3.33. The van der Waals surface area contributed by atoms with Crippen molar-refractivity contribution in [2.75, 3.05) is 38.2 Å². The summed E-state index contributed by atoms with van der Waals surface area (Å²) in [5.74, 6) is -0.152. The highest BCUT2D eigenvalue weighted by Gasteiger charge is 2.29. The lowest BCUT2D eigenvalue weighted by molar-refractivity contribution is 0.00889. The van der Waals surface area contributed by atoms with Gasteiger partial charge in [-0.1, -0.05) is 24.3 Å². The second-order valence-electron chi connectivity index (χ2n) is 11.6. The van der Waals surface area contributed by atoms with Crippen LogP contribution in [0.5, 0.6) is 0 Å². The first-order valence-corrected chi connectivity index (χ1v) is 14.1. The van der Waals surface area contributed by atoms with Crippen LogP contribution in [0.3, 0.4) is 0 Å². The lowest BCUT2D eigenvalue weighted by atomic mass is 10.0. The first-order chi connectivity index (χ1) is 20.1. The summed E-state index contributed by atoms with van der Waals surface area (Å²) >= 11 is 0. The van der Waals surface area contributed by atoms with Gasteiger partial charge in [-0.05, 0) is 45.2 Å². The number of hydrogen-bond acceptors (Lipinski definition) is 10. The molecule has 2 atom stereocenters. The summed E-state index contributed by atoms with van der Waals surface area (Å²) in [7, 11) is 0. The Labute approximate surface area is 244 Å². The van der Waals surface area contributed by atoms with Crippen molar-refractivity contribution < 1.29 is 19.1 Å². The van der Waals surface area contributed by atoms with Gasteiger partial charge in [0, 0.05) is 37.8 Å². The van der Waals surface area contributed by atoms with Crippen LogP contribution in [0, 0.1) is 11.3 Å². The summed E-state index contributed by atoms with van der Waals surface area (Å²) < 4.78 is 11.0. The second-order valence-corrected chi connectivity index (χ2v) is 11.6. The van der Waals surface area contributed by atoms with Gasteiger partial charge in [-0.3, -0.25) is 9.69 Å². The van der Waals surface area contributed by atoms with E-state index in [0.717, 1.165) is 24.0 Å². The molecule has 220 valence electrons. The molecule has 2 aromatic heterocycles. The van der Waals surface area contributed by atoms with Crippen LogP contribution in [0.4, 0.5) is 10.6 Å². The summed E-state index contributed by atoms with van der Waals surface area (Å²) in [4.78, 5) is 42.6. The second kappa shape index (κ2) is 12.3. The molecule has 0 bridgehead atoms. The van der Waals surface area contributed by atoms with Crippen LogP contribution in [0.25, 0.3) is 22.3 Å². The van der Waals surface area contributed by atoms with Gasteiger partial charge in [0.05, 0.1) is 30.5 Å². The van der Waals surface area contributed by atoms with E-state index in [4.69, 9.17) is 20.2 Å². The monoisotopic (exact) mass is 572 g/mol. The quantitative estimate of drug-likeness (QED) is 0.448. The normalized spacial score (nSPS) is 19.7. The van der Waals surface area contributed by atoms with E-state index in [1.54, 1.807) is 11.0 Å². The molecule has 3 N–H and O–H groups in total. The molecular formula is C30H36N8O4. The number of aromatic nitrogens is 3. The van der Waals surface area contributed by atoms with Crippen LogP contribution in [0.15, 0.2) is 36.7 Å². The number of nitrogens with one attached hydrogen (secondary N) is 1. The number of benzene rings is 1. The smallest absolute Gasteiger partial charge is 0.410 e. The molecule has 2 aliphatic rings. The number of piperidine rings is 1. The summed E-state index contributed by atoms with van der Waals surface area (Å²) in [6.07, 6.45) is 2.65. The lowest BCUT2D eigenvalue weighted by Crippen LogP contribution is -2.47. The highest BCUT2D eigenvalue weighted by atomic mass is 16.6. The number of nitrogens with two attached hydrogens (primary N) is 1. The van der Waals surface area contributed by atoms with E-state index in [-0.39, 0.29) is 23.7 Å². The van der Waals surface area contributed by atoms with E-state index in [1.165, 1.54) is 6.33 Å². The Hall–Kier alpha value is -4.34. The summed E-state index contributed by atoms with van der Waals surface area (Å²) in [6, 6.07) is 11.4. The van der Waals surface area contributed by atoms with Crippen molar-refractivity contribution in [3.05, 3.63) is 47.8 Å². The van der Waals surface area contributed by atoms with Crippen molar-refractivity contribution >= 4 is 28.9 Å². The highest BCUT2D eigenvalue weighted by molar-refractivity contribution is 6.06. The van der Waals surface area contributed by atoms with Gasteiger partial charge < -0.3 is 25.4 Å². The number of hydrogen-bond donors (Lipinski definition) is 2. The zero-order chi connectivity index (χ0) is 29.9. The fourth-order valence-electron chi connectivity index (χ4n) is 5.22. The number of rotatable bonds is 6. The Morgan fingerprint density at radius 3 is 2.69 bits per heavy atom. The molecule has 2 fully saturated rings. The Morgan fingerprint density at radius 2 is 1.98 bits per heavy atom. The number of morpholine rings is 1. The van der Waals surface area contributed by atoms with Gasteiger partial charge in [-0.2, -0.15) is 5.26 Å². The number of fused-ring (bicyclic) bond motifs is 1. The number of likely N-dealkylation sites (tertiary alicyclic amines) is 1. The van der Waals surface area contributed by atoms with Crippen molar-refractivity contribution in [2.45, 2.75) is 57.8 Å². The molecule has 12 nitrogen and oxygen atoms in total. The molecule has 3 aromatic rings. The minimum atomic E-state index is -0.617.